The van der Waals surface area contributed by atoms with Crippen molar-refractivity contribution in [3.05, 3.63) is 53.7 Å². The van der Waals surface area contributed by atoms with Crippen molar-refractivity contribution in [1.29, 1.82) is 0 Å². The fraction of sp³-hybridized carbons (Fsp3) is 0.381. The molecule has 1 aliphatic heterocycles. The highest BCUT2D eigenvalue weighted by Gasteiger charge is 2.21. The van der Waals surface area contributed by atoms with E-state index < -0.39 is 0 Å². The Morgan fingerprint density at radius 2 is 1.97 bits per heavy atom. The summed E-state index contributed by atoms with van der Waals surface area (Å²) in [7, 11) is 1.74. The quantitative estimate of drug-likeness (QED) is 0.341. The van der Waals surface area contributed by atoms with Crippen LogP contribution < -0.4 is 20.3 Å². The smallest absolute Gasteiger partial charge is 0.227 e. The Morgan fingerprint density at radius 1 is 1.21 bits per heavy atom. The molecule has 0 bridgehead atoms. The van der Waals surface area contributed by atoms with Gasteiger partial charge in [0.05, 0.1) is 6.61 Å². The summed E-state index contributed by atoms with van der Waals surface area (Å²) in [6.45, 7) is 4.54. The zero-order valence-electron chi connectivity index (χ0n) is 16.9. The van der Waals surface area contributed by atoms with E-state index in [4.69, 9.17) is 4.74 Å². The topological polar surface area (TPSA) is 78.8 Å². The van der Waals surface area contributed by atoms with Crippen LogP contribution >= 0.6 is 24.0 Å². The lowest BCUT2D eigenvalue weighted by molar-refractivity contribution is -0.117. The van der Waals surface area contributed by atoms with Crippen molar-refractivity contribution in [3.63, 3.8) is 0 Å². The first kappa shape index (κ1) is 22.9. The summed E-state index contributed by atoms with van der Waals surface area (Å²) in [5, 5.41) is 6.59. The zero-order chi connectivity index (χ0) is 19.8. The Kier molecular flexibility index (Phi) is 9.17. The molecule has 2 aromatic rings. The minimum atomic E-state index is 0. The maximum absolute atomic E-state index is 11.8. The summed E-state index contributed by atoms with van der Waals surface area (Å²) in [6.07, 6.45) is 3.31. The van der Waals surface area contributed by atoms with Crippen LogP contribution in [0.15, 0.2) is 47.6 Å². The van der Waals surface area contributed by atoms with Crippen molar-refractivity contribution in [3.8, 4) is 5.88 Å². The van der Waals surface area contributed by atoms with Crippen LogP contribution in [0.4, 0.5) is 5.69 Å². The van der Waals surface area contributed by atoms with Crippen molar-refractivity contribution < 1.29 is 9.53 Å². The number of carbonyl (C=O) groups excluding carboxylic acids is 1. The second kappa shape index (κ2) is 11.6. The molecule has 1 saturated heterocycles. The molecule has 3 rings (SSSR count). The molecule has 1 amide bonds. The lowest BCUT2D eigenvalue weighted by Crippen LogP contribution is -2.36. The molecule has 0 aliphatic carbocycles. The minimum absolute atomic E-state index is 0. The number of nitrogens with one attached hydrogen (secondary N) is 2. The fourth-order valence-electron chi connectivity index (χ4n) is 3.13. The number of guanidine groups is 1. The van der Waals surface area contributed by atoms with E-state index in [1.165, 1.54) is 0 Å². The average Bonchev–Trinajstić information content (AvgIpc) is 3.16. The van der Waals surface area contributed by atoms with Gasteiger partial charge in [-0.15, -0.1) is 24.0 Å². The van der Waals surface area contributed by atoms with Gasteiger partial charge < -0.3 is 20.3 Å². The molecular weight excluding hydrogens is 481 g/mol. The van der Waals surface area contributed by atoms with Gasteiger partial charge in [0, 0.05) is 50.6 Å². The highest BCUT2D eigenvalue weighted by Crippen LogP contribution is 2.21. The maximum Gasteiger partial charge on any atom is 0.227 e. The SMILES string of the molecule is CCOc1ncccc1CNC(=NC)NCc1ccc(N2CCCC2=O)cc1.I. The third kappa shape index (κ3) is 6.31. The normalized spacial score (nSPS) is 13.8. The molecule has 2 N–H and O–H groups in total. The number of amides is 1. The molecule has 0 radical (unpaired) electrons. The van der Waals surface area contributed by atoms with Crippen molar-refractivity contribution in [1.82, 2.24) is 15.6 Å². The second-order valence-electron chi connectivity index (χ2n) is 6.50. The molecule has 1 aromatic carbocycles. The van der Waals surface area contributed by atoms with Crippen molar-refractivity contribution >= 4 is 41.5 Å². The third-order valence-corrected chi connectivity index (χ3v) is 4.58. The summed E-state index contributed by atoms with van der Waals surface area (Å²) >= 11 is 0. The summed E-state index contributed by atoms with van der Waals surface area (Å²) < 4.78 is 5.55. The van der Waals surface area contributed by atoms with Crippen LogP contribution in [0.3, 0.4) is 0 Å². The lowest BCUT2D eigenvalue weighted by Gasteiger charge is -2.16. The Morgan fingerprint density at radius 3 is 2.62 bits per heavy atom. The van der Waals surface area contributed by atoms with Gasteiger partial charge in [-0.1, -0.05) is 18.2 Å². The monoisotopic (exact) mass is 509 g/mol. The Hall–Kier alpha value is -2.36. The highest BCUT2D eigenvalue weighted by molar-refractivity contribution is 14.0. The number of carbonyl (C=O) groups is 1. The summed E-state index contributed by atoms with van der Waals surface area (Å²) in [6, 6.07) is 11.9. The van der Waals surface area contributed by atoms with Crippen molar-refractivity contribution in [2.45, 2.75) is 32.9 Å². The van der Waals surface area contributed by atoms with E-state index >= 15 is 0 Å². The van der Waals surface area contributed by atoms with E-state index in [0.717, 1.165) is 29.8 Å². The molecule has 1 aliphatic rings. The first-order chi connectivity index (χ1) is 13.7. The first-order valence-corrected chi connectivity index (χ1v) is 9.61. The molecular formula is C21H28IN5O2. The molecule has 0 spiro atoms. The number of aromatic nitrogens is 1. The molecule has 2 heterocycles. The summed E-state index contributed by atoms with van der Waals surface area (Å²) in [5.74, 6) is 1.54. The average molecular weight is 509 g/mol. The number of hydrogen-bond acceptors (Lipinski definition) is 4. The van der Waals surface area contributed by atoms with E-state index in [-0.39, 0.29) is 29.9 Å². The van der Waals surface area contributed by atoms with Crippen LogP contribution in [-0.2, 0) is 17.9 Å². The zero-order valence-corrected chi connectivity index (χ0v) is 19.2. The van der Waals surface area contributed by atoms with Crippen LogP contribution in [-0.4, -0.2) is 37.1 Å². The van der Waals surface area contributed by atoms with Crippen LogP contribution in [0.2, 0.25) is 0 Å². The number of aliphatic imine (C=N–C) groups is 1. The predicted molar refractivity (Wildman–Crippen MR) is 126 cm³/mol. The lowest BCUT2D eigenvalue weighted by atomic mass is 10.2. The standard InChI is InChI=1S/C21H27N5O2.HI/c1-3-28-20-17(6-4-12-23-20)15-25-21(22-2)24-14-16-8-10-18(11-9-16)26-13-5-7-19(26)27;/h4,6,8-12H,3,5,7,13-15H2,1-2H3,(H2,22,24,25);1H. The summed E-state index contributed by atoms with van der Waals surface area (Å²) in [4.78, 5) is 22.2. The van der Waals surface area contributed by atoms with E-state index in [1.54, 1.807) is 13.2 Å². The maximum atomic E-state index is 11.8. The van der Waals surface area contributed by atoms with E-state index in [0.29, 0.717) is 38.0 Å². The van der Waals surface area contributed by atoms with Gasteiger partial charge in [0.1, 0.15) is 0 Å². The molecule has 0 unspecified atom stereocenters. The Labute approximate surface area is 189 Å². The number of ether oxygens (including phenoxy) is 1. The second-order valence-corrected chi connectivity index (χ2v) is 6.50. The fourth-order valence-corrected chi connectivity index (χ4v) is 3.13. The van der Waals surface area contributed by atoms with Gasteiger partial charge in [-0.2, -0.15) is 0 Å². The third-order valence-electron chi connectivity index (χ3n) is 4.58. The van der Waals surface area contributed by atoms with Crippen LogP contribution in [0, 0.1) is 0 Å². The highest BCUT2D eigenvalue weighted by atomic mass is 127. The van der Waals surface area contributed by atoms with Gasteiger partial charge in [0.2, 0.25) is 11.8 Å². The van der Waals surface area contributed by atoms with Gasteiger partial charge >= 0.3 is 0 Å². The Balaban J connectivity index is 0.00000300. The largest absolute Gasteiger partial charge is 0.478 e. The number of anilines is 1. The number of pyridine rings is 1. The molecule has 156 valence electrons. The molecule has 29 heavy (non-hydrogen) atoms. The number of halogens is 1. The number of rotatable bonds is 7. The predicted octanol–water partition coefficient (Wildman–Crippen LogP) is 3.09. The molecule has 8 heteroatoms. The van der Waals surface area contributed by atoms with E-state index in [2.05, 4.69) is 20.6 Å². The van der Waals surface area contributed by atoms with Gasteiger partial charge in [0.15, 0.2) is 5.96 Å². The van der Waals surface area contributed by atoms with Gasteiger partial charge in [-0.3, -0.25) is 9.79 Å². The van der Waals surface area contributed by atoms with E-state index in [1.807, 2.05) is 48.2 Å². The van der Waals surface area contributed by atoms with Crippen LogP contribution in [0.5, 0.6) is 5.88 Å². The molecule has 1 aromatic heterocycles. The van der Waals surface area contributed by atoms with Crippen molar-refractivity contribution in [2.24, 2.45) is 4.99 Å². The van der Waals surface area contributed by atoms with Crippen molar-refractivity contribution in [2.75, 3.05) is 25.1 Å². The number of nitrogens with zero attached hydrogens (tertiary/aromatic N) is 3. The van der Waals surface area contributed by atoms with E-state index in [9.17, 15) is 4.79 Å². The molecule has 1 fully saturated rings. The van der Waals surface area contributed by atoms with Gasteiger partial charge in [-0.25, -0.2) is 4.98 Å². The van der Waals surface area contributed by atoms with Crippen LogP contribution in [0.25, 0.3) is 0 Å². The Bertz CT molecular complexity index is 826. The minimum Gasteiger partial charge on any atom is -0.478 e. The number of hydrogen-bond donors (Lipinski definition) is 2. The summed E-state index contributed by atoms with van der Waals surface area (Å²) in [5.41, 5.74) is 3.07. The van der Waals surface area contributed by atoms with Crippen LogP contribution in [0.1, 0.15) is 30.9 Å². The molecule has 7 nitrogen and oxygen atoms in total. The van der Waals surface area contributed by atoms with Gasteiger partial charge in [-0.05, 0) is 37.1 Å². The van der Waals surface area contributed by atoms with Gasteiger partial charge in [0.25, 0.3) is 0 Å². The first-order valence-electron chi connectivity index (χ1n) is 9.61. The molecule has 0 atom stereocenters. The molecule has 0 saturated carbocycles. The number of benzene rings is 1.